The van der Waals surface area contributed by atoms with E-state index in [0.29, 0.717) is 25.8 Å². The third-order valence-corrected chi connectivity index (χ3v) is 6.42. The maximum absolute atomic E-state index is 12.9. The number of likely N-dealkylation sites (tertiary alicyclic amines) is 1. The van der Waals surface area contributed by atoms with Crippen LogP contribution in [0.25, 0.3) is 11.1 Å². The van der Waals surface area contributed by atoms with Gasteiger partial charge in [0.15, 0.2) is 0 Å². The fraction of sp³-hybridized carbons (Fsp3) is 0.400. The number of carbonyl (C=O) groups excluding carboxylic acids is 2. The SMILES string of the molecule is CC[C@H](NC(=O)OCC1c2ccccc2-c2ccccc21)C(=O)N1CCC[C@H](C(=O)O)C1. The summed E-state index contributed by atoms with van der Waals surface area (Å²) in [5.41, 5.74) is 4.55. The maximum atomic E-state index is 12.9. The molecule has 1 saturated heterocycles. The molecule has 7 nitrogen and oxygen atoms in total. The van der Waals surface area contributed by atoms with Crippen LogP contribution < -0.4 is 5.32 Å². The normalized spacial score (nSPS) is 18.4. The Morgan fingerprint density at radius 1 is 1.09 bits per heavy atom. The van der Waals surface area contributed by atoms with E-state index < -0.39 is 24.0 Å². The van der Waals surface area contributed by atoms with E-state index in [2.05, 4.69) is 29.6 Å². The number of benzene rings is 2. The van der Waals surface area contributed by atoms with Crippen molar-refractivity contribution in [1.29, 1.82) is 0 Å². The van der Waals surface area contributed by atoms with Crippen LogP contribution in [0.1, 0.15) is 43.2 Å². The third kappa shape index (κ3) is 4.33. The molecule has 0 unspecified atom stereocenters. The van der Waals surface area contributed by atoms with Gasteiger partial charge in [0.05, 0.1) is 5.92 Å². The van der Waals surface area contributed by atoms with Crippen LogP contribution in [0, 0.1) is 5.92 Å². The Balaban J connectivity index is 1.38. The summed E-state index contributed by atoms with van der Waals surface area (Å²) in [7, 11) is 0. The Hall–Kier alpha value is -3.35. The Morgan fingerprint density at radius 3 is 2.31 bits per heavy atom. The number of carbonyl (C=O) groups is 3. The second-order valence-corrected chi connectivity index (χ2v) is 8.39. The highest BCUT2D eigenvalue weighted by atomic mass is 16.5. The molecule has 0 radical (unpaired) electrons. The van der Waals surface area contributed by atoms with Crippen LogP contribution >= 0.6 is 0 Å². The number of hydrogen-bond acceptors (Lipinski definition) is 4. The number of alkyl carbamates (subject to hydrolysis) is 1. The molecule has 168 valence electrons. The number of hydrogen-bond donors (Lipinski definition) is 2. The minimum atomic E-state index is -0.889. The number of fused-ring (bicyclic) bond motifs is 3. The van der Waals surface area contributed by atoms with E-state index in [4.69, 9.17) is 4.74 Å². The van der Waals surface area contributed by atoms with E-state index >= 15 is 0 Å². The van der Waals surface area contributed by atoms with Gasteiger partial charge in [0.25, 0.3) is 0 Å². The van der Waals surface area contributed by atoms with Gasteiger partial charge in [0.2, 0.25) is 5.91 Å². The Morgan fingerprint density at radius 2 is 1.72 bits per heavy atom. The van der Waals surface area contributed by atoms with Gasteiger partial charge >= 0.3 is 12.1 Å². The van der Waals surface area contributed by atoms with Crippen LogP contribution in [-0.4, -0.2) is 53.7 Å². The summed E-state index contributed by atoms with van der Waals surface area (Å²) in [6, 6.07) is 15.5. The first-order valence-corrected chi connectivity index (χ1v) is 11.1. The second kappa shape index (κ2) is 9.42. The molecule has 2 aromatic rings. The highest BCUT2D eigenvalue weighted by molar-refractivity contribution is 5.86. The Kier molecular flexibility index (Phi) is 6.44. The number of aliphatic carboxylic acids is 1. The van der Waals surface area contributed by atoms with Crippen LogP contribution in [0.3, 0.4) is 0 Å². The van der Waals surface area contributed by atoms with Crippen molar-refractivity contribution in [3.63, 3.8) is 0 Å². The standard InChI is InChI=1S/C25H28N2O5/c1-2-22(23(28)27-13-7-8-16(14-27)24(29)30)26-25(31)32-15-21-19-11-5-3-9-17(19)18-10-4-6-12-20(18)21/h3-6,9-12,16,21-22H,2,7-8,13-15H2,1H3,(H,26,31)(H,29,30)/t16-,22-/m0/s1. The summed E-state index contributed by atoms with van der Waals surface area (Å²) in [5.74, 6) is -1.76. The van der Waals surface area contributed by atoms with Gasteiger partial charge in [-0.25, -0.2) is 4.79 Å². The molecule has 2 atom stereocenters. The summed E-state index contributed by atoms with van der Waals surface area (Å²) < 4.78 is 5.55. The molecular formula is C25H28N2O5. The lowest BCUT2D eigenvalue weighted by atomic mass is 9.97. The molecule has 2 aliphatic rings. The van der Waals surface area contributed by atoms with Crippen molar-refractivity contribution in [2.45, 2.75) is 38.1 Å². The topological polar surface area (TPSA) is 95.9 Å². The van der Waals surface area contributed by atoms with Gasteiger partial charge in [0.1, 0.15) is 12.6 Å². The fourth-order valence-electron chi connectivity index (χ4n) is 4.72. The molecule has 1 heterocycles. The average Bonchev–Trinajstić information content (AvgIpc) is 3.14. The molecule has 1 fully saturated rings. The van der Waals surface area contributed by atoms with E-state index in [1.807, 2.05) is 31.2 Å². The summed E-state index contributed by atoms with van der Waals surface area (Å²) in [6.07, 6.45) is 0.968. The zero-order valence-electron chi connectivity index (χ0n) is 18.1. The van der Waals surface area contributed by atoms with Gasteiger partial charge < -0.3 is 20.1 Å². The van der Waals surface area contributed by atoms with Crippen molar-refractivity contribution in [2.24, 2.45) is 5.92 Å². The molecule has 0 spiro atoms. The number of carboxylic acid groups (broad SMARTS) is 1. The molecule has 1 aliphatic carbocycles. The van der Waals surface area contributed by atoms with Gasteiger partial charge in [-0.05, 0) is 41.5 Å². The molecule has 0 saturated carbocycles. The highest BCUT2D eigenvalue weighted by Crippen LogP contribution is 2.44. The fourth-order valence-corrected chi connectivity index (χ4v) is 4.72. The van der Waals surface area contributed by atoms with Gasteiger partial charge in [-0.1, -0.05) is 55.5 Å². The molecule has 0 bridgehead atoms. The number of amides is 2. The monoisotopic (exact) mass is 436 g/mol. The molecule has 4 rings (SSSR count). The van der Waals surface area contributed by atoms with E-state index in [9.17, 15) is 19.5 Å². The third-order valence-electron chi connectivity index (χ3n) is 6.42. The van der Waals surface area contributed by atoms with E-state index in [-0.39, 0.29) is 25.0 Å². The number of ether oxygens (including phenoxy) is 1. The molecule has 2 N–H and O–H groups in total. The van der Waals surface area contributed by atoms with Crippen LogP contribution in [0.5, 0.6) is 0 Å². The zero-order valence-corrected chi connectivity index (χ0v) is 18.1. The van der Waals surface area contributed by atoms with Crippen LogP contribution in [-0.2, 0) is 14.3 Å². The lowest BCUT2D eigenvalue weighted by molar-refractivity contribution is -0.146. The molecule has 2 aromatic carbocycles. The lowest BCUT2D eigenvalue weighted by Crippen LogP contribution is -2.52. The Bertz CT molecular complexity index is 975. The summed E-state index contributed by atoms with van der Waals surface area (Å²) in [5, 5.41) is 11.9. The number of piperidine rings is 1. The van der Waals surface area contributed by atoms with Crippen molar-refractivity contribution in [3.05, 3.63) is 59.7 Å². The first-order valence-electron chi connectivity index (χ1n) is 11.1. The summed E-state index contributed by atoms with van der Waals surface area (Å²) >= 11 is 0. The van der Waals surface area contributed by atoms with Gasteiger partial charge in [-0.3, -0.25) is 9.59 Å². The maximum Gasteiger partial charge on any atom is 0.407 e. The van der Waals surface area contributed by atoms with E-state index in [0.717, 1.165) is 22.3 Å². The van der Waals surface area contributed by atoms with Crippen molar-refractivity contribution >= 4 is 18.0 Å². The predicted molar refractivity (Wildman–Crippen MR) is 119 cm³/mol. The minimum absolute atomic E-state index is 0.0534. The molecule has 2 amide bonds. The zero-order chi connectivity index (χ0) is 22.7. The van der Waals surface area contributed by atoms with Crippen LogP contribution in [0.4, 0.5) is 4.79 Å². The smallest absolute Gasteiger partial charge is 0.407 e. The summed E-state index contributed by atoms with van der Waals surface area (Å²) in [4.78, 5) is 38.3. The second-order valence-electron chi connectivity index (χ2n) is 8.39. The van der Waals surface area contributed by atoms with Crippen molar-refractivity contribution in [3.8, 4) is 11.1 Å². The number of nitrogens with one attached hydrogen (secondary N) is 1. The average molecular weight is 437 g/mol. The first kappa shape index (κ1) is 21.9. The predicted octanol–water partition coefficient (Wildman–Crippen LogP) is 3.63. The van der Waals surface area contributed by atoms with Gasteiger partial charge in [-0.2, -0.15) is 0 Å². The minimum Gasteiger partial charge on any atom is -0.481 e. The molecule has 1 aliphatic heterocycles. The number of carboxylic acids is 1. The number of rotatable bonds is 6. The molecule has 0 aromatic heterocycles. The summed E-state index contributed by atoms with van der Waals surface area (Å²) in [6.45, 7) is 2.67. The van der Waals surface area contributed by atoms with Crippen LogP contribution in [0.15, 0.2) is 48.5 Å². The van der Waals surface area contributed by atoms with Crippen molar-refractivity contribution in [2.75, 3.05) is 19.7 Å². The van der Waals surface area contributed by atoms with Crippen molar-refractivity contribution < 1.29 is 24.2 Å². The molecular weight excluding hydrogens is 408 g/mol. The van der Waals surface area contributed by atoms with Gasteiger partial charge in [0, 0.05) is 19.0 Å². The van der Waals surface area contributed by atoms with E-state index in [1.165, 1.54) is 0 Å². The van der Waals surface area contributed by atoms with Crippen molar-refractivity contribution in [1.82, 2.24) is 10.2 Å². The lowest BCUT2D eigenvalue weighted by Gasteiger charge is -2.33. The Labute approximate surface area is 187 Å². The first-order chi connectivity index (χ1) is 15.5. The largest absolute Gasteiger partial charge is 0.481 e. The molecule has 7 heteroatoms. The molecule has 32 heavy (non-hydrogen) atoms. The number of nitrogens with zero attached hydrogens (tertiary/aromatic N) is 1. The van der Waals surface area contributed by atoms with Gasteiger partial charge in [-0.15, -0.1) is 0 Å². The van der Waals surface area contributed by atoms with Crippen LogP contribution in [0.2, 0.25) is 0 Å². The quantitative estimate of drug-likeness (QED) is 0.721. The highest BCUT2D eigenvalue weighted by Gasteiger charge is 2.33. The van der Waals surface area contributed by atoms with E-state index in [1.54, 1.807) is 4.90 Å².